The van der Waals surface area contributed by atoms with E-state index in [0.717, 1.165) is 54.9 Å². The van der Waals surface area contributed by atoms with Crippen LogP contribution in [0.25, 0.3) is 6.08 Å². The van der Waals surface area contributed by atoms with Crippen molar-refractivity contribution in [2.24, 2.45) is 0 Å². The van der Waals surface area contributed by atoms with E-state index >= 15 is 0 Å². The van der Waals surface area contributed by atoms with E-state index in [-0.39, 0.29) is 5.91 Å². The van der Waals surface area contributed by atoms with E-state index in [2.05, 4.69) is 96.5 Å². The highest BCUT2D eigenvalue weighted by Gasteiger charge is 2.20. The number of benzene rings is 4. The van der Waals surface area contributed by atoms with Crippen LogP contribution in [0.3, 0.4) is 0 Å². The molecule has 0 N–H and O–H groups in total. The summed E-state index contributed by atoms with van der Waals surface area (Å²) in [6.45, 7) is 11.2. The zero-order valence-electron chi connectivity index (χ0n) is 31.6. The molecule has 4 aromatic carbocycles. The fraction of sp³-hybridized carbons (Fsp3) is 0.304. The third-order valence-electron chi connectivity index (χ3n) is 9.63. The van der Waals surface area contributed by atoms with Gasteiger partial charge in [0, 0.05) is 51.3 Å². The SMILES string of the molecule is CCCCc1ccc(OCCc2ccc(CN3CCN(C(=O)C=Cc4cc(C)c(Oc5ccc(OCc6ccc(C)cc6)cn5)c(Cl)c4)CC3)cc2)cc1. The maximum absolute atomic E-state index is 13.1. The van der Waals surface area contributed by atoms with E-state index in [9.17, 15) is 4.79 Å². The maximum atomic E-state index is 13.1. The fourth-order valence-electron chi connectivity index (χ4n) is 6.34. The van der Waals surface area contributed by atoms with E-state index in [1.165, 1.54) is 35.1 Å². The molecular formula is C46H50ClN3O4. The maximum Gasteiger partial charge on any atom is 0.246 e. The topological polar surface area (TPSA) is 64.1 Å². The second-order valence-electron chi connectivity index (χ2n) is 14.0. The van der Waals surface area contributed by atoms with Gasteiger partial charge in [0.1, 0.15) is 18.1 Å². The second-order valence-corrected chi connectivity index (χ2v) is 14.4. The predicted octanol–water partition coefficient (Wildman–Crippen LogP) is 10.0. The van der Waals surface area contributed by atoms with Gasteiger partial charge >= 0.3 is 0 Å². The van der Waals surface area contributed by atoms with Crippen LogP contribution >= 0.6 is 11.6 Å². The van der Waals surface area contributed by atoms with E-state index in [4.69, 9.17) is 25.8 Å². The van der Waals surface area contributed by atoms with Gasteiger partial charge in [-0.15, -0.1) is 0 Å². The van der Waals surface area contributed by atoms with Crippen molar-refractivity contribution in [3.05, 3.63) is 153 Å². The lowest BCUT2D eigenvalue weighted by molar-refractivity contribution is -0.127. The molecule has 54 heavy (non-hydrogen) atoms. The van der Waals surface area contributed by atoms with Gasteiger partial charge in [0.25, 0.3) is 0 Å². The molecule has 280 valence electrons. The average molecular weight is 744 g/mol. The molecule has 1 amide bonds. The molecule has 2 heterocycles. The highest BCUT2D eigenvalue weighted by atomic mass is 35.5. The summed E-state index contributed by atoms with van der Waals surface area (Å²) in [5.41, 5.74) is 7.88. The molecule has 0 spiro atoms. The number of amides is 1. The number of unbranched alkanes of at least 4 members (excludes halogenated alkanes) is 1. The number of aryl methyl sites for hydroxylation is 3. The molecule has 0 radical (unpaired) electrons. The van der Waals surface area contributed by atoms with Crippen LogP contribution in [0.1, 0.15) is 58.7 Å². The smallest absolute Gasteiger partial charge is 0.246 e. The van der Waals surface area contributed by atoms with Crippen LogP contribution in [-0.4, -0.2) is 53.5 Å². The van der Waals surface area contributed by atoms with Gasteiger partial charge in [-0.1, -0.05) is 91.2 Å². The summed E-state index contributed by atoms with van der Waals surface area (Å²) in [6, 6.07) is 32.9. The Labute approximate surface area is 325 Å². The molecule has 0 saturated carbocycles. The molecule has 0 bridgehead atoms. The number of hydrogen-bond acceptors (Lipinski definition) is 6. The molecule has 5 aromatic rings. The van der Waals surface area contributed by atoms with Crippen molar-refractivity contribution in [2.45, 2.75) is 59.6 Å². The molecule has 1 fully saturated rings. The number of aromatic nitrogens is 1. The Balaban J connectivity index is 0.912. The summed E-state index contributed by atoms with van der Waals surface area (Å²) in [7, 11) is 0. The summed E-state index contributed by atoms with van der Waals surface area (Å²) in [6.07, 6.45) is 9.50. The first kappa shape index (κ1) is 38.6. The standard InChI is InChI=1S/C46H50ClN3O4/c1-4-5-6-36-15-18-41(19-16-36)52-28-23-37-11-13-38(14-12-37)32-49-24-26-50(27-25-49)45(51)22-17-40-29-35(3)46(43(47)30-40)54-44-21-20-42(31-48-44)53-33-39-9-7-34(2)8-10-39/h7-22,29-31H,4-6,23-28,32-33H2,1-3H3. The number of halogens is 1. The van der Waals surface area contributed by atoms with E-state index in [1.54, 1.807) is 24.4 Å². The Kier molecular flexibility index (Phi) is 13.8. The molecule has 1 aliphatic rings. The van der Waals surface area contributed by atoms with Crippen molar-refractivity contribution in [3.8, 4) is 23.1 Å². The van der Waals surface area contributed by atoms with Crippen LogP contribution in [0.4, 0.5) is 0 Å². The van der Waals surface area contributed by atoms with Crippen molar-refractivity contribution >= 4 is 23.6 Å². The van der Waals surface area contributed by atoms with Crippen molar-refractivity contribution in [1.82, 2.24) is 14.8 Å². The number of hydrogen-bond donors (Lipinski definition) is 0. The van der Waals surface area contributed by atoms with Gasteiger partial charge in [-0.3, -0.25) is 9.69 Å². The number of ether oxygens (including phenoxy) is 3. The molecule has 6 rings (SSSR count). The summed E-state index contributed by atoms with van der Waals surface area (Å²) in [5, 5.41) is 0.446. The van der Waals surface area contributed by atoms with Crippen molar-refractivity contribution < 1.29 is 19.0 Å². The van der Waals surface area contributed by atoms with Crippen molar-refractivity contribution in [2.75, 3.05) is 32.8 Å². The lowest BCUT2D eigenvalue weighted by Gasteiger charge is -2.34. The first-order valence-corrected chi connectivity index (χ1v) is 19.3. The van der Waals surface area contributed by atoms with Gasteiger partial charge in [-0.2, -0.15) is 0 Å². The average Bonchev–Trinajstić information content (AvgIpc) is 3.19. The molecule has 8 heteroatoms. The number of carbonyl (C=O) groups excluding carboxylic acids is 1. The third kappa shape index (κ3) is 11.4. The molecule has 0 unspecified atom stereocenters. The lowest BCUT2D eigenvalue weighted by Crippen LogP contribution is -2.47. The van der Waals surface area contributed by atoms with Crippen LogP contribution in [0.2, 0.25) is 5.02 Å². The molecule has 1 saturated heterocycles. The van der Waals surface area contributed by atoms with Gasteiger partial charge in [-0.05, 0) is 96.5 Å². The number of nitrogens with zero attached hydrogens (tertiary/aromatic N) is 3. The number of pyridine rings is 1. The summed E-state index contributed by atoms with van der Waals surface area (Å²) >= 11 is 6.64. The zero-order chi connectivity index (χ0) is 37.7. The normalized spacial score (nSPS) is 13.3. The van der Waals surface area contributed by atoms with Gasteiger partial charge in [0.2, 0.25) is 11.8 Å². The Morgan fingerprint density at radius 2 is 1.44 bits per heavy atom. The first-order valence-electron chi connectivity index (χ1n) is 18.9. The zero-order valence-corrected chi connectivity index (χ0v) is 32.4. The van der Waals surface area contributed by atoms with Gasteiger partial charge in [-0.25, -0.2) is 4.98 Å². The number of piperazine rings is 1. The highest BCUT2D eigenvalue weighted by molar-refractivity contribution is 6.32. The number of rotatable bonds is 16. The molecule has 1 aromatic heterocycles. The van der Waals surface area contributed by atoms with Crippen LogP contribution in [-0.2, 0) is 30.8 Å². The minimum atomic E-state index is -0.00310. The molecule has 7 nitrogen and oxygen atoms in total. The summed E-state index contributed by atoms with van der Waals surface area (Å²) < 4.78 is 17.9. The summed E-state index contributed by atoms with van der Waals surface area (Å²) in [5.74, 6) is 2.52. The van der Waals surface area contributed by atoms with Crippen LogP contribution < -0.4 is 14.2 Å². The van der Waals surface area contributed by atoms with Crippen LogP contribution in [0.5, 0.6) is 23.1 Å². The lowest BCUT2D eigenvalue weighted by atomic mass is 10.1. The van der Waals surface area contributed by atoms with E-state index in [0.29, 0.717) is 48.7 Å². The summed E-state index contributed by atoms with van der Waals surface area (Å²) in [4.78, 5) is 21.8. The van der Waals surface area contributed by atoms with Crippen molar-refractivity contribution in [1.29, 1.82) is 0 Å². The van der Waals surface area contributed by atoms with Crippen LogP contribution in [0, 0.1) is 13.8 Å². The third-order valence-corrected chi connectivity index (χ3v) is 9.91. The van der Waals surface area contributed by atoms with E-state index < -0.39 is 0 Å². The second kappa shape index (κ2) is 19.3. The van der Waals surface area contributed by atoms with Gasteiger partial charge in [0.15, 0.2) is 5.75 Å². The molecule has 1 aliphatic heterocycles. The fourth-order valence-corrected chi connectivity index (χ4v) is 6.65. The predicted molar refractivity (Wildman–Crippen MR) is 218 cm³/mol. The highest BCUT2D eigenvalue weighted by Crippen LogP contribution is 2.34. The monoisotopic (exact) mass is 743 g/mol. The molecule has 0 atom stereocenters. The Hall–Kier alpha value is -5.11. The molecular weight excluding hydrogens is 694 g/mol. The first-order chi connectivity index (χ1) is 26.3. The quantitative estimate of drug-likeness (QED) is 0.0938. The van der Waals surface area contributed by atoms with E-state index in [1.807, 2.05) is 30.0 Å². The minimum absolute atomic E-state index is 0.00310. The molecule has 0 aliphatic carbocycles. The minimum Gasteiger partial charge on any atom is -0.493 e. The van der Waals surface area contributed by atoms with Gasteiger partial charge in [0.05, 0.1) is 17.8 Å². The van der Waals surface area contributed by atoms with Crippen molar-refractivity contribution in [3.63, 3.8) is 0 Å². The largest absolute Gasteiger partial charge is 0.493 e. The van der Waals surface area contributed by atoms with Gasteiger partial charge < -0.3 is 19.1 Å². The number of carbonyl (C=O) groups is 1. The Morgan fingerprint density at radius 3 is 2.13 bits per heavy atom. The Morgan fingerprint density at radius 1 is 0.778 bits per heavy atom. The van der Waals surface area contributed by atoms with Crippen LogP contribution in [0.15, 0.2) is 109 Å². The Bertz CT molecular complexity index is 1950.